The topological polar surface area (TPSA) is 84.4 Å². The van der Waals surface area contributed by atoms with E-state index >= 15 is 0 Å². The van der Waals surface area contributed by atoms with Crippen LogP contribution in [-0.4, -0.2) is 49.9 Å². The van der Waals surface area contributed by atoms with Crippen molar-refractivity contribution in [3.8, 4) is 5.88 Å². The number of methoxy groups -OCH3 is 1. The number of hydrogen-bond donors (Lipinski definition) is 1. The van der Waals surface area contributed by atoms with Crippen LogP contribution in [0.3, 0.4) is 0 Å². The molecule has 128 valence electrons. The summed E-state index contributed by atoms with van der Waals surface area (Å²) in [4.78, 5) is 10.5. The molecule has 1 N–H and O–H groups in total. The molecule has 1 atom stereocenters. The third-order valence-electron chi connectivity index (χ3n) is 4.61. The molecule has 2 aliphatic rings. The highest BCUT2D eigenvalue weighted by Gasteiger charge is 2.33. The van der Waals surface area contributed by atoms with Crippen molar-refractivity contribution < 1.29 is 13.2 Å². The van der Waals surface area contributed by atoms with Gasteiger partial charge in [0.1, 0.15) is 0 Å². The van der Waals surface area contributed by atoms with Crippen LogP contribution in [0.15, 0.2) is 12.3 Å². The molecule has 1 saturated carbocycles. The Kier molecular flexibility index (Phi) is 5.01. The van der Waals surface area contributed by atoms with Gasteiger partial charge in [-0.05, 0) is 25.7 Å². The van der Waals surface area contributed by atoms with E-state index in [1.165, 1.54) is 0 Å². The molecule has 0 radical (unpaired) electrons. The minimum Gasteiger partial charge on any atom is -0.481 e. The van der Waals surface area contributed by atoms with Gasteiger partial charge in [-0.25, -0.2) is 18.1 Å². The van der Waals surface area contributed by atoms with Crippen molar-refractivity contribution in [2.75, 3.05) is 25.1 Å². The first-order valence-electron chi connectivity index (χ1n) is 8.21. The zero-order chi connectivity index (χ0) is 16.3. The lowest BCUT2D eigenvalue weighted by molar-refractivity contribution is 0.396. The quantitative estimate of drug-likeness (QED) is 0.870. The van der Waals surface area contributed by atoms with Gasteiger partial charge in [0, 0.05) is 31.4 Å². The number of aromatic nitrogens is 2. The van der Waals surface area contributed by atoms with Crippen molar-refractivity contribution in [3.05, 3.63) is 12.3 Å². The Morgan fingerprint density at radius 1 is 1.26 bits per heavy atom. The molecule has 7 nitrogen and oxygen atoms in total. The van der Waals surface area contributed by atoms with Gasteiger partial charge in [-0.1, -0.05) is 12.8 Å². The van der Waals surface area contributed by atoms with Crippen molar-refractivity contribution >= 4 is 16.0 Å². The summed E-state index contributed by atoms with van der Waals surface area (Å²) in [6.45, 7) is 1.19. The van der Waals surface area contributed by atoms with E-state index in [1.54, 1.807) is 19.4 Å². The highest BCUT2D eigenvalue weighted by Crippen LogP contribution is 2.24. The molecule has 8 heteroatoms. The molecule has 1 saturated heterocycles. The standard InChI is InChI=1S/C15H24N4O3S/c1-22-14-8-9-16-15(17-14)19-10-4-7-13(11-19)23(20,21)18-12-5-2-3-6-12/h8-9,12-13,18H,2-7,10-11H2,1H3. The Morgan fingerprint density at radius 2 is 2.04 bits per heavy atom. The smallest absolute Gasteiger partial charge is 0.228 e. The molecule has 2 fully saturated rings. The second-order valence-electron chi connectivity index (χ2n) is 6.25. The second kappa shape index (κ2) is 7.00. The summed E-state index contributed by atoms with van der Waals surface area (Å²) in [6, 6.07) is 1.80. The van der Waals surface area contributed by atoms with Crippen molar-refractivity contribution in [3.63, 3.8) is 0 Å². The minimum atomic E-state index is -3.30. The molecule has 0 bridgehead atoms. The lowest BCUT2D eigenvalue weighted by atomic mass is 10.1. The predicted molar refractivity (Wildman–Crippen MR) is 88.1 cm³/mol. The Bertz CT molecular complexity index is 631. The van der Waals surface area contributed by atoms with Gasteiger partial charge >= 0.3 is 0 Å². The van der Waals surface area contributed by atoms with E-state index in [4.69, 9.17) is 4.74 Å². The Labute approximate surface area is 137 Å². The van der Waals surface area contributed by atoms with E-state index in [2.05, 4.69) is 14.7 Å². The molecule has 3 rings (SSSR count). The summed E-state index contributed by atoms with van der Waals surface area (Å²) in [5, 5.41) is -0.411. The van der Waals surface area contributed by atoms with Crippen molar-refractivity contribution in [1.82, 2.24) is 14.7 Å². The van der Waals surface area contributed by atoms with Gasteiger partial charge in [-0.2, -0.15) is 4.98 Å². The maximum atomic E-state index is 12.6. The number of sulfonamides is 1. The highest BCUT2D eigenvalue weighted by atomic mass is 32.2. The fraction of sp³-hybridized carbons (Fsp3) is 0.733. The maximum absolute atomic E-state index is 12.6. The van der Waals surface area contributed by atoms with Gasteiger partial charge in [-0.15, -0.1) is 0 Å². The van der Waals surface area contributed by atoms with E-state index in [0.29, 0.717) is 24.8 Å². The van der Waals surface area contributed by atoms with Gasteiger partial charge < -0.3 is 9.64 Å². The highest BCUT2D eigenvalue weighted by molar-refractivity contribution is 7.90. The summed E-state index contributed by atoms with van der Waals surface area (Å²) in [5.74, 6) is 1.02. The van der Waals surface area contributed by atoms with E-state index in [9.17, 15) is 8.42 Å². The zero-order valence-corrected chi connectivity index (χ0v) is 14.3. The Hall–Kier alpha value is -1.41. The molecule has 0 amide bonds. The van der Waals surface area contributed by atoms with Gasteiger partial charge in [0.15, 0.2) is 0 Å². The summed E-state index contributed by atoms with van der Waals surface area (Å²) in [7, 11) is -1.75. The van der Waals surface area contributed by atoms with Crippen LogP contribution in [0.2, 0.25) is 0 Å². The lowest BCUT2D eigenvalue weighted by Crippen LogP contribution is -2.48. The average Bonchev–Trinajstić information content (AvgIpc) is 3.07. The number of nitrogens with one attached hydrogen (secondary N) is 1. The van der Waals surface area contributed by atoms with E-state index in [0.717, 1.165) is 38.6 Å². The molecule has 23 heavy (non-hydrogen) atoms. The molecule has 1 aromatic rings. The molecule has 1 aromatic heterocycles. The maximum Gasteiger partial charge on any atom is 0.228 e. The molecule has 1 aliphatic heterocycles. The third-order valence-corrected chi connectivity index (χ3v) is 6.54. The molecular weight excluding hydrogens is 316 g/mol. The summed E-state index contributed by atoms with van der Waals surface area (Å²) in [6.07, 6.45) is 7.27. The average molecular weight is 340 g/mol. The van der Waals surface area contributed by atoms with Crippen LogP contribution >= 0.6 is 0 Å². The van der Waals surface area contributed by atoms with Crippen LogP contribution in [0.5, 0.6) is 5.88 Å². The second-order valence-corrected chi connectivity index (χ2v) is 8.25. The SMILES string of the molecule is COc1ccnc(N2CCCC(S(=O)(=O)NC3CCCC3)C2)n1. The van der Waals surface area contributed by atoms with Crippen LogP contribution in [-0.2, 0) is 10.0 Å². The Balaban J connectivity index is 1.69. The van der Waals surface area contributed by atoms with Crippen LogP contribution in [0, 0.1) is 0 Å². The fourth-order valence-corrected chi connectivity index (χ4v) is 5.09. The first-order valence-corrected chi connectivity index (χ1v) is 9.76. The first kappa shape index (κ1) is 16.4. The monoisotopic (exact) mass is 340 g/mol. The van der Waals surface area contributed by atoms with E-state index in [-0.39, 0.29) is 6.04 Å². The third kappa shape index (κ3) is 3.92. The van der Waals surface area contributed by atoms with Crippen molar-refractivity contribution in [2.45, 2.75) is 49.8 Å². The van der Waals surface area contributed by atoms with Crippen molar-refractivity contribution in [2.24, 2.45) is 0 Å². The fourth-order valence-electron chi connectivity index (χ4n) is 3.34. The molecule has 0 spiro atoms. The van der Waals surface area contributed by atoms with Crippen molar-refractivity contribution in [1.29, 1.82) is 0 Å². The van der Waals surface area contributed by atoms with E-state index in [1.807, 2.05) is 4.90 Å². The van der Waals surface area contributed by atoms with Crippen LogP contribution in [0.4, 0.5) is 5.95 Å². The number of piperidine rings is 1. The normalized spacial score (nSPS) is 23.2. The molecule has 2 heterocycles. The predicted octanol–water partition coefficient (Wildman–Crippen LogP) is 1.32. The molecular formula is C15H24N4O3S. The molecule has 1 unspecified atom stereocenters. The number of ether oxygens (including phenoxy) is 1. The number of rotatable bonds is 5. The van der Waals surface area contributed by atoms with Gasteiger partial charge in [0.2, 0.25) is 21.9 Å². The van der Waals surface area contributed by atoms with Gasteiger partial charge in [-0.3, -0.25) is 0 Å². The van der Waals surface area contributed by atoms with E-state index < -0.39 is 15.3 Å². The zero-order valence-electron chi connectivity index (χ0n) is 13.4. The Morgan fingerprint density at radius 3 is 2.78 bits per heavy atom. The number of hydrogen-bond acceptors (Lipinski definition) is 6. The van der Waals surface area contributed by atoms with Gasteiger partial charge in [0.25, 0.3) is 0 Å². The molecule has 1 aliphatic carbocycles. The van der Waals surface area contributed by atoms with Gasteiger partial charge in [0.05, 0.1) is 12.4 Å². The van der Waals surface area contributed by atoms with Crippen LogP contribution < -0.4 is 14.4 Å². The minimum absolute atomic E-state index is 0.114. The summed E-state index contributed by atoms with van der Waals surface area (Å²) in [5.41, 5.74) is 0. The van der Waals surface area contributed by atoms with Crippen LogP contribution in [0.25, 0.3) is 0 Å². The molecule has 0 aromatic carbocycles. The summed E-state index contributed by atoms with van der Waals surface area (Å²) >= 11 is 0. The largest absolute Gasteiger partial charge is 0.481 e. The summed E-state index contributed by atoms with van der Waals surface area (Å²) < 4.78 is 33.3. The lowest BCUT2D eigenvalue weighted by Gasteiger charge is -2.33. The number of nitrogens with zero attached hydrogens (tertiary/aromatic N) is 3. The first-order chi connectivity index (χ1) is 11.1. The number of anilines is 1. The van der Waals surface area contributed by atoms with Crippen LogP contribution in [0.1, 0.15) is 38.5 Å².